The monoisotopic (exact) mass is 1040 g/mol. The number of nitrogens with zero attached hydrogens (tertiary/aromatic N) is 7. The lowest BCUT2D eigenvalue weighted by Crippen LogP contribution is -2.62. The van der Waals surface area contributed by atoms with E-state index in [4.69, 9.17) is 19.4 Å². The molecular formula is C55H73F3N10O5S. The van der Waals surface area contributed by atoms with Gasteiger partial charge in [0.05, 0.1) is 52.7 Å². The number of thiazole rings is 1. The lowest BCUT2D eigenvalue weighted by Gasteiger charge is -2.37. The van der Waals surface area contributed by atoms with E-state index in [9.17, 15) is 14.4 Å². The minimum absolute atomic E-state index is 0.0432. The molecule has 1 aromatic carbocycles. The van der Waals surface area contributed by atoms with E-state index in [1.165, 1.54) is 33.8 Å². The number of ether oxygens (including phenoxy) is 2. The van der Waals surface area contributed by atoms with Gasteiger partial charge in [-0.1, -0.05) is 32.8 Å². The van der Waals surface area contributed by atoms with Gasteiger partial charge in [-0.15, -0.1) is 11.3 Å². The highest BCUT2D eigenvalue weighted by molar-refractivity contribution is 7.10. The van der Waals surface area contributed by atoms with Crippen molar-refractivity contribution in [1.29, 1.82) is 0 Å². The second-order valence-electron chi connectivity index (χ2n) is 23.3. The van der Waals surface area contributed by atoms with Crippen LogP contribution in [-0.4, -0.2) is 150 Å². The Kier molecular flexibility index (Phi) is 14.4. The summed E-state index contributed by atoms with van der Waals surface area (Å²) in [6, 6.07) is 5.95. The van der Waals surface area contributed by atoms with Crippen molar-refractivity contribution in [2.75, 3.05) is 77.5 Å². The fraction of sp³-hybridized carbons (Fsp3) is 0.655. The SMILES string of the molecule is CO[C@@H](C)c1ncc(N2CCN(C3CC3)CC2)cc1-c1c2c3cc(ccc3n1CC(F)(F)F)-c1csc(n1)C[C@H](NC(=O)[C@H](C1CCCC1)N1CC[C@]3(CCNC3)C1)C(=O)N1CCC[C@H](N1)C(=O)OCC(C)(C)C2. The number of alkyl halides is 3. The fourth-order valence-corrected chi connectivity index (χ4v) is 14.0. The highest BCUT2D eigenvalue weighted by atomic mass is 32.1. The molecule has 6 bridgehead atoms. The minimum Gasteiger partial charge on any atom is -0.464 e. The number of benzene rings is 1. The predicted octanol–water partition coefficient (Wildman–Crippen LogP) is 7.27. The Labute approximate surface area is 436 Å². The molecule has 400 valence electrons. The molecule has 5 aliphatic heterocycles. The first kappa shape index (κ1) is 51.4. The number of amides is 2. The van der Waals surface area contributed by atoms with Gasteiger partial charge in [-0.2, -0.15) is 13.2 Å². The maximum atomic E-state index is 15.1. The molecule has 1 spiro atoms. The second-order valence-corrected chi connectivity index (χ2v) is 24.3. The zero-order valence-corrected chi connectivity index (χ0v) is 44.2. The third-order valence-electron chi connectivity index (χ3n) is 17.3. The molecule has 0 radical (unpaired) electrons. The Bertz CT molecular complexity index is 2720. The molecule has 0 unspecified atom stereocenters. The number of fused-ring (bicyclic) bond motifs is 6. The van der Waals surface area contributed by atoms with E-state index in [2.05, 4.69) is 30.8 Å². The van der Waals surface area contributed by atoms with E-state index in [-0.39, 0.29) is 48.6 Å². The summed E-state index contributed by atoms with van der Waals surface area (Å²) in [7, 11) is 1.58. The molecule has 15 nitrogen and oxygen atoms in total. The molecule has 3 N–H and O–H groups in total. The minimum atomic E-state index is -4.58. The summed E-state index contributed by atoms with van der Waals surface area (Å²) in [4.78, 5) is 61.2. The lowest BCUT2D eigenvalue weighted by molar-refractivity contribution is -0.155. The van der Waals surface area contributed by atoms with Crippen LogP contribution in [0.25, 0.3) is 33.4 Å². The number of piperazine rings is 1. The summed E-state index contributed by atoms with van der Waals surface area (Å²) in [5.41, 5.74) is 7.27. The standard InChI is InChI=1S/C55H73F3N10O5S/c1-34(72-4)47-40(25-38(28-60-47)65-22-20-64(21-23-65)37-12-13-37)49-41-27-53(2,3)33-73-52(71)42-10-7-18-68(63-42)51(70)43(62-50(69)48(35-8-5-6-9-35)66-19-16-54(31-66)15-17-59-30-54)26-46-61-44(29-74-46)36-11-14-45(39(41)24-36)67(49)32-55(56,57)58/h11,14,24-25,28-29,34-35,37,42-43,48,59,63H,5-10,12-13,15-23,26-27,30-33H2,1-4H3,(H,62,69)/t34-,42-,43-,48-,54-/m0/s1. The first-order chi connectivity index (χ1) is 35.5. The molecular weight excluding hydrogens is 970 g/mol. The molecule has 74 heavy (non-hydrogen) atoms. The topological polar surface area (TPSA) is 149 Å². The average Bonchev–Trinajstić information content (AvgIpc) is 3.87. The number of halogens is 3. The third-order valence-corrected chi connectivity index (χ3v) is 18.2. The lowest BCUT2D eigenvalue weighted by atomic mass is 9.84. The Morgan fingerprint density at radius 2 is 1.81 bits per heavy atom. The van der Waals surface area contributed by atoms with Gasteiger partial charge in [0, 0.05) is 98.2 Å². The smallest absolute Gasteiger partial charge is 0.406 e. The molecule has 11 rings (SSSR count). The quantitative estimate of drug-likeness (QED) is 0.137. The number of hydrogen-bond donors (Lipinski definition) is 3. The number of carbonyl (C=O) groups is 3. The molecule has 6 fully saturated rings. The Hall–Kier alpha value is -4.66. The predicted molar refractivity (Wildman–Crippen MR) is 278 cm³/mol. The molecule has 5 atom stereocenters. The van der Waals surface area contributed by atoms with E-state index in [1.807, 2.05) is 50.5 Å². The first-order valence-electron chi connectivity index (χ1n) is 27.2. The van der Waals surface area contributed by atoms with Crippen molar-refractivity contribution in [2.45, 2.75) is 141 Å². The number of hydrogen-bond acceptors (Lipinski definition) is 13. The first-order valence-corrected chi connectivity index (χ1v) is 28.1. The van der Waals surface area contributed by atoms with E-state index in [0.29, 0.717) is 75.1 Å². The van der Waals surface area contributed by atoms with Crippen LogP contribution in [-0.2, 0) is 43.2 Å². The number of nitrogens with one attached hydrogen (secondary N) is 3. The highest BCUT2D eigenvalue weighted by Gasteiger charge is 2.47. The number of aromatic nitrogens is 3. The molecule has 8 heterocycles. The maximum Gasteiger partial charge on any atom is 0.406 e. The van der Waals surface area contributed by atoms with Gasteiger partial charge in [-0.3, -0.25) is 34.2 Å². The number of cyclic esters (lactones) is 1. The third kappa shape index (κ3) is 10.7. The molecule has 2 amide bonds. The number of likely N-dealkylation sites (tertiary alicyclic amines) is 1. The van der Waals surface area contributed by atoms with Crippen LogP contribution in [0.4, 0.5) is 18.9 Å². The van der Waals surface area contributed by atoms with Crippen LogP contribution in [0.15, 0.2) is 35.8 Å². The van der Waals surface area contributed by atoms with Gasteiger partial charge in [0.2, 0.25) is 5.91 Å². The van der Waals surface area contributed by atoms with E-state index in [1.54, 1.807) is 13.2 Å². The van der Waals surface area contributed by atoms with Crippen LogP contribution < -0.4 is 21.0 Å². The zero-order chi connectivity index (χ0) is 51.5. The van der Waals surface area contributed by atoms with Crippen molar-refractivity contribution in [3.63, 3.8) is 0 Å². The van der Waals surface area contributed by atoms with Crippen LogP contribution in [0.1, 0.15) is 107 Å². The van der Waals surface area contributed by atoms with Gasteiger partial charge in [-0.25, -0.2) is 10.4 Å². The summed E-state index contributed by atoms with van der Waals surface area (Å²) in [6.07, 6.45) is 6.65. The van der Waals surface area contributed by atoms with Crippen LogP contribution >= 0.6 is 11.3 Å². The van der Waals surface area contributed by atoms with E-state index < -0.39 is 42.3 Å². The summed E-state index contributed by atoms with van der Waals surface area (Å²) < 4.78 is 58.8. The molecule has 3 aromatic heterocycles. The average molecular weight is 1040 g/mol. The number of esters is 1. The normalized spacial score (nSPS) is 26.5. The fourth-order valence-electron chi connectivity index (χ4n) is 13.1. The van der Waals surface area contributed by atoms with Gasteiger partial charge in [0.25, 0.3) is 5.91 Å². The van der Waals surface area contributed by atoms with Crippen molar-refractivity contribution >= 4 is 45.7 Å². The van der Waals surface area contributed by atoms with Crippen LogP contribution in [0, 0.1) is 16.7 Å². The number of rotatable bonds is 10. The van der Waals surface area contributed by atoms with Crippen LogP contribution in [0.2, 0.25) is 0 Å². The van der Waals surface area contributed by atoms with Crippen molar-refractivity contribution in [1.82, 2.24) is 45.4 Å². The molecule has 19 heteroatoms. The molecule has 2 saturated carbocycles. The van der Waals surface area contributed by atoms with Crippen molar-refractivity contribution in [3.8, 4) is 22.5 Å². The van der Waals surface area contributed by atoms with Gasteiger partial charge < -0.3 is 29.6 Å². The van der Waals surface area contributed by atoms with Gasteiger partial charge in [0.15, 0.2) is 0 Å². The number of anilines is 1. The number of carbonyl (C=O) groups excluding carboxylic acids is 3. The Morgan fingerprint density at radius 1 is 1.01 bits per heavy atom. The van der Waals surface area contributed by atoms with Gasteiger partial charge >= 0.3 is 12.1 Å². The highest BCUT2D eigenvalue weighted by Crippen LogP contribution is 2.45. The molecule has 4 aromatic rings. The van der Waals surface area contributed by atoms with Gasteiger partial charge in [0.1, 0.15) is 18.6 Å². The summed E-state index contributed by atoms with van der Waals surface area (Å²) >= 11 is 1.38. The van der Waals surface area contributed by atoms with Crippen LogP contribution in [0.3, 0.4) is 0 Å². The Balaban J connectivity index is 0.995. The van der Waals surface area contributed by atoms with Crippen molar-refractivity contribution in [3.05, 3.63) is 52.1 Å². The summed E-state index contributed by atoms with van der Waals surface area (Å²) in [6.45, 7) is 11.8. The summed E-state index contributed by atoms with van der Waals surface area (Å²) in [5.74, 6) is -0.831. The zero-order valence-electron chi connectivity index (χ0n) is 43.4. The summed E-state index contributed by atoms with van der Waals surface area (Å²) in [5, 5.41) is 11.5. The molecule has 2 aliphatic carbocycles. The largest absolute Gasteiger partial charge is 0.464 e. The maximum absolute atomic E-state index is 15.1. The molecule has 4 saturated heterocycles. The number of pyridine rings is 1. The van der Waals surface area contributed by atoms with Crippen molar-refractivity contribution in [2.24, 2.45) is 16.7 Å². The Morgan fingerprint density at radius 3 is 2.54 bits per heavy atom. The van der Waals surface area contributed by atoms with Crippen LogP contribution in [0.5, 0.6) is 0 Å². The van der Waals surface area contributed by atoms with Crippen molar-refractivity contribution < 1.29 is 37.0 Å². The number of hydrazine groups is 1. The van der Waals surface area contributed by atoms with E-state index >= 15 is 13.2 Å². The van der Waals surface area contributed by atoms with E-state index in [0.717, 1.165) is 96.6 Å². The van der Waals surface area contributed by atoms with Gasteiger partial charge in [-0.05, 0) is 113 Å². The second kappa shape index (κ2) is 20.7. The number of methoxy groups -OCH3 is 1. The molecule has 7 aliphatic rings.